The van der Waals surface area contributed by atoms with E-state index in [0.29, 0.717) is 16.8 Å². The molecule has 3 aromatic carbocycles. The van der Waals surface area contributed by atoms with Crippen molar-refractivity contribution in [2.75, 3.05) is 0 Å². The number of amides is 2. The van der Waals surface area contributed by atoms with Crippen LogP contribution in [0.25, 0.3) is 21.8 Å². The first-order valence-electron chi connectivity index (χ1n) is 9.08. The highest BCUT2D eigenvalue weighted by atomic mass is 32.1. The first kappa shape index (κ1) is 19.6. The molecule has 152 valence electrons. The number of aromatic amines is 2. The highest BCUT2D eigenvalue weighted by Gasteiger charge is 2.18. The lowest BCUT2D eigenvalue weighted by molar-refractivity contribution is -0.128. The molecule has 0 saturated heterocycles. The van der Waals surface area contributed by atoms with Crippen LogP contribution in [0.1, 0.15) is 17.3 Å². The Morgan fingerprint density at radius 2 is 1.80 bits per heavy atom. The summed E-state index contributed by atoms with van der Waals surface area (Å²) in [7, 11) is 0. The van der Waals surface area contributed by atoms with Crippen LogP contribution in [-0.4, -0.2) is 27.9 Å². The van der Waals surface area contributed by atoms with E-state index in [-0.39, 0.29) is 10.3 Å². The lowest BCUT2D eigenvalue weighted by Crippen LogP contribution is -2.47. The summed E-state index contributed by atoms with van der Waals surface area (Å²) in [6.07, 6.45) is -0.878. The number of hydrazine groups is 1. The van der Waals surface area contributed by atoms with E-state index in [1.165, 1.54) is 6.07 Å². The molecule has 0 saturated carbocycles. The Morgan fingerprint density at radius 3 is 2.60 bits per heavy atom. The molecule has 0 aliphatic carbocycles. The summed E-state index contributed by atoms with van der Waals surface area (Å²) in [6, 6.07) is 15.5. The highest BCUT2D eigenvalue weighted by molar-refractivity contribution is 7.71. The minimum Gasteiger partial charge on any atom is -0.481 e. The van der Waals surface area contributed by atoms with Gasteiger partial charge in [-0.05, 0) is 54.2 Å². The monoisotopic (exact) mass is 424 g/mol. The van der Waals surface area contributed by atoms with Crippen molar-refractivity contribution in [3.05, 3.63) is 70.7 Å². The fraction of sp³-hybridized carbons (Fsp3) is 0.0952. The second-order valence-corrected chi connectivity index (χ2v) is 7.08. The molecule has 0 spiro atoms. The molecule has 4 rings (SSSR count). The van der Waals surface area contributed by atoms with Gasteiger partial charge in [0, 0.05) is 0 Å². The summed E-state index contributed by atoms with van der Waals surface area (Å²) in [5.74, 6) is -1.35. The molecule has 7 nitrogen and oxygen atoms in total. The molecule has 30 heavy (non-hydrogen) atoms. The number of aromatic nitrogens is 2. The predicted octanol–water partition coefficient (Wildman–Crippen LogP) is 3.75. The van der Waals surface area contributed by atoms with Crippen LogP contribution >= 0.6 is 12.2 Å². The fourth-order valence-corrected chi connectivity index (χ4v) is 3.28. The number of rotatable bonds is 4. The predicted molar refractivity (Wildman–Crippen MR) is 113 cm³/mol. The van der Waals surface area contributed by atoms with Gasteiger partial charge in [-0.25, -0.2) is 4.39 Å². The topological polar surface area (TPSA) is 99.0 Å². The van der Waals surface area contributed by atoms with E-state index in [1.807, 2.05) is 36.4 Å². The number of hydrogen-bond donors (Lipinski definition) is 4. The van der Waals surface area contributed by atoms with Crippen molar-refractivity contribution in [3.63, 3.8) is 0 Å². The van der Waals surface area contributed by atoms with E-state index in [9.17, 15) is 14.0 Å². The molecule has 0 aliphatic heterocycles. The SMILES string of the molecule is CC(Oc1ccc2ccccc2c1)C(=O)NNC(=O)c1cc(F)cc2[nH]c(=S)[nH]c12. The molecule has 0 radical (unpaired) electrons. The summed E-state index contributed by atoms with van der Waals surface area (Å²) in [5, 5.41) is 2.04. The molecule has 1 aromatic heterocycles. The Labute approximate surface area is 175 Å². The van der Waals surface area contributed by atoms with Gasteiger partial charge in [0.25, 0.3) is 11.8 Å². The van der Waals surface area contributed by atoms with Crippen LogP contribution in [0.2, 0.25) is 0 Å². The Kier molecular flexibility index (Phi) is 5.20. The zero-order chi connectivity index (χ0) is 21.3. The molecule has 4 N–H and O–H groups in total. The van der Waals surface area contributed by atoms with Gasteiger partial charge in [0.15, 0.2) is 10.9 Å². The third-order valence-electron chi connectivity index (χ3n) is 4.54. The number of carbonyl (C=O) groups excluding carboxylic acids is 2. The quantitative estimate of drug-likeness (QED) is 0.296. The average molecular weight is 424 g/mol. The van der Waals surface area contributed by atoms with Gasteiger partial charge in [-0.2, -0.15) is 0 Å². The second-order valence-electron chi connectivity index (χ2n) is 6.67. The lowest BCUT2D eigenvalue weighted by Gasteiger charge is -2.15. The Morgan fingerprint density at radius 1 is 1.03 bits per heavy atom. The van der Waals surface area contributed by atoms with Gasteiger partial charge >= 0.3 is 0 Å². The standard InChI is InChI=1S/C21H17FN4O3S/c1-11(29-15-7-6-12-4-2-3-5-13(12)8-15)19(27)25-26-20(28)16-9-14(22)10-17-18(16)24-21(30)23-17/h2-11H,1H3,(H,25,27)(H,26,28)(H2,23,24,30). The number of halogens is 1. The molecular weight excluding hydrogens is 407 g/mol. The van der Waals surface area contributed by atoms with E-state index in [2.05, 4.69) is 20.8 Å². The number of imidazole rings is 1. The van der Waals surface area contributed by atoms with Crippen LogP contribution in [0.3, 0.4) is 0 Å². The molecule has 0 bridgehead atoms. The third kappa shape index (κ3) is 4.01. The number of carbonyl (C=O) groups is 2. The van der Waals surface area contributed by atoms with Gasteiger partial charge in [-0.1, -0.05) is 30.3 Å². The van der Waals surface area contributed by atoms with Crippen molar-refractivity contribution in [1.82, 2.24) is 20.8 Å². The fourth-order valence-electron chi connectivity index (χ4n) is 3.07. The van der Waals surface area contributed by atoms with E-state index >= 15 is 0 Å². The molecule has 9 heteroatoms. The summed E-state index contributed by atoms with van der Waals surface area (Å²) in [5.41, 5.74) is 5.26. The number of benzene rings is 3. The third-order valence-corrected chi connectivity index (χ3v) is 4.74. The van der Waals surface area contributed by atoms with Crippen LogP contribution in [-0.2, 0) is 4.79 Å². The maximum Gasteiger partial charge on any atom is 0.279 e. The number of nitrogens with one attached hydrogen (secondary N) is 4. The van der Waals surface area contributed by atoms with Crippen molar-refractivity contribution in [2.24, 2.45) is 0 Å². The smallest absolute Gasteiger partial charge is 0.279 e. The van der Waals surface area contributed by atoms with Gasteiger partial charge in [-0.3, -0.25) is 20.4 Å². The van der Waals surface area contributed by atoms with Gasteiger partial charge in [0.1, 0.15) is 11.6 Å². The van der Waals surface area contributed by atoms with Gasteiger partial charge < -0.3 is 14.7 Å². The van der Waals surface area contributed by atoms with Crippen LogP contribution in [0.5, 0.6) is 5.75 Å². The molecule has 1 atom stereocenters. The van der Waals surface area contributed by atoms with Crippen LogP contribution in [0.15, 0.2) is 54.6 Å². The normalized spacial score (nSPS) is 11.9. The number of ether oxygens (including phenoxy) is 1. The molecule has 1 unspecified atom stereocenters. The van der Waals surface area contributed by atoms with Crippen LogP contribution in [0, 0.1) is 10.6 Å². The maximum absolute atomic E-state index is 13.8. The molecule has 4 aromatic rings. The van der Waals surface area contributed by atoms with Crippen molar-refractivity contribution in [3.8, 4) is 5.75 Å². The molecular formula is C21H17FN4O3S. The minimum atomic E-state index is -0.878. The summed E-state index contributed by atoms with van der Waals surface area (Å²) in [4.78, 5) is 30.3. The summed E-state index contributed by atoms with van der Waals surface area (Å²) in [6.45, 7) is 1.56. The second kappa shape index (κ2) is 7.96. The number of hydrogen-bond acceptors (Lipinski definition) is 4. The molecule has 2 amide bonds. The Bertz CT molecular complexity index is 1330. The molecule has 1 heterocycles. The number of fused-ring (bicyclic) bond motifs is 2. The maximum atomic E-state index is 13.8. The van der Waals surface area contributed by atoms with Crippen molar-refractivity contribution < 1.29 is 18.7 Å². The summed E-state index contributed by atoms with van der Waals surface area (Å²) >= 11 is 4.98. The van der Waals surface area contributed by atoms with Crippen LogP contribution < -0.4 is 15.6 Å². The first-order valence-corrected chi connectivity index (χ1v) is 9.49. The first-order chi connectivity index (χ1) is 14.4. The van der Waals surface area contributed by atoms with Crippen molar-refractivity contribution in [2.45, 2.75) is 13.0 Å². The zero-order valence-corrected chi connectivity index (χ0v) is 16.6. The molecule has 0 aliphatic rings. The van der Waals surface area contributed by atoms with E-state index < -0.39 is 23.7 Å². The molecule has 0 fully saturated rings. The minimum absolute atomic E-state index is 0.000695. The van der Waals surface area contributed by atoms with Crippen LogP contribution in [0.4, 0.5) is 4.39 Å². The number of H-pyrrole nitrogens is 2. The van der Waals surface area contributed by atoms with E-state index in [4.69, 9.17) is 17.0 Å². The van der Waals surface area contributed by atoms with Gasteiger partial charge in [-0.15, -0.1) is 0 Å². The van der Waals surface area contributed by atoms with Gasteiger partial charge in [0.05, 0.1) is 16.6 Å². The van der Waals surface area contributed by atoms with Crippen molar-refractivity contribution >= 4 is 45.8 Å². The van der Waals surface area contributed by atoms with Crippen molar-refractivity contribution in [1.29, 1.82) is 0 Å². The Hall–Kier alpha value is -3.72. The largest absolute Gasteiger partial charge is 0.481 e. The van der Waals surface area contributed by atoms with E-state index in [0.717, 1.165) is 16.8 Å². The average Bonchev–Trinajstić information content (AvgIpc) is 3.10. The lowest BCUT2D eigenvalue weighted by atomic mass is 10.1. The Balaban J connectivity index is 1.42. The summed E-state index contributed by atoms with van der Waals surface area (Å²) < 4.78 is 19.7. The van der Waals surface area contributed by atoms with E-state index in [1.54, 1.807) is 13.0 Å². The zero-order valence-electron chi connectivity index (χ0n) is 15.8. The van der Waals surface area contributed by atoms with Gasteiger partial charge in [0.2, 0.25) is 0 Å². The highest BCUT2D eigenvalue weighted by Crippen LogP contribution is 2.21.